The van der Waals surface area contributed by atoms with Crippen LogP contribution >= 0.6 is 0 Å². The number of nitrogens with one attached hydrogen (secondary N) is 1. The van der Waals surface area contributed by atoms with E-state index in [1.165, 1.54) is 5.56 Å². The molecule has 1 atom stereocenters. The smallest absolute Gasteiger partial charge is 0.263 e. The first-order valence-electron chi connectivity index (χ1n) is 10.7. The van der Waals surface area contributed by atoms with Crippen molar-refractivity contribution in [3.05, 3.63) is 65.7 Å². The van der Waals surface area contributed by atoms with Gasteiger partial charge in [0.15, 0.2) is 6.10 Å². The third kappa shape index (κ3) is 5.62. The Morgan fingerprint density at radius 1 is 1.00 bits per heavy atom. The summed E-state index contributed by atoms with van der Waals surface area (Å²) in [7, 11) is 0. The summed E-state index contributed by atoms with van der Waals surface area (Å²) in [5, 5.41) is 3.07. The number of rotatable bonds is 5. The van der Waals surface area contributed by atoms with Crippen molar-refractivity contribution >= 4 is 11.8 Å². The van der Waals surface area contributed by atoms with Crippen LogP contribution < -0.4 is 10.1 Å². The molecule has 2 aromatic rings. The molecule has 5 heteroatoms. The van der Waals surface area contributed by atoms with E-state index >= 15 is 0 Å². The molecule has 1 saturated heterocycles. The number of likely N-dealkylation sites (tertiary alicyclic amines) is 1. The number of piperidine rings is 1. The summed E-state index contributed by atoms with van der Waals surface area (Å²) in [4.78, 5) is 26.9. The maximum absolute atomic E-state index is 12.8. The minimum Gasteiger partial charge on any atom is -0.481 e. The number of hydrogen-bond donors (Lipinski definition) is 1. The molecule has 1 heterocycles. The molecule has 5 nitrogen and oxygen atoms in total. The summed E-state index contributed by atoms with van der Waals surface area (Å²) in [6, 6.07) is 17.3. The Kier molecular flexibility index (Phi) is 6.80. The zero-order valence-electron chi connectivity index (χ0n) is 18.4. The molecule has 1 N–H and O–H groups in total. The Labute approximate surface area is 179 Å². The van der Waals surface area contributed by atoms with Gasteiger partial charge in [-0.25, -0.2) is 0 Å². The maximum atomic E-state index is 12.8. The molecule has 0 bridgehead atoms. The van der Waals surface area contributed by atoms with Gasteiger partial charge in [-0.2, -0.15) is 0 Å². The zero-order valence-corrected chi connectivity index (χ0v) is 18.4. The van der Waals surface area contributed by atoms with Gasteiger partial charge in [0.05, 0.1) is 0 Å². The second-order valence-corrected chi connectivity index (χ2v) is 8.97. The molecule has 0 unspecified atom stereocenters. The van der Waals surface area contributed by atoms with E-state index in [2.05, 4.69) is 26.1 Å². The van der Waals surface area contributed by atoms with Gasteiger partial charge in [0.1, 0.15) is 5.75 Å². The Morgan fingerprint density at radius 3 is 2.17 bits per heavy atom. The van der Waals surface area contributed by atoms with E-state index in [0.29, 0.717) is 24.4 Å². The fourth-order valence-electron chi connectivity index (χ4n) is 3.65. The monoisotopic (exact) mass is 408 g/mol. The number of amides is 2. The van der Waals surface area contributed by atoms with Gasteiger partial charge in [0.25, 0.3) is 11.8 Å². The molecule has 3 rings (SSSR count). The highest BCUT2D eigenvalue weighted by atomic mass is 16.5. The second-order valence-electron chi connectivity index (χ2n) is 8.97. The minimum absolute atomic E-state index is 0.0114. The molecule has 30 heavy (non-hydrogen) atoms. The van der Waals surface area contributed by atoms with Crippen LogP contribution in [-0.4, -0.2) is 41.9 Å². The van der Waals surface area contributed by atoms with Crippen LogP contribution in [0.15, 0.2) is 54.6 Å². The molecule has 0 aliphatic carbocycles. The molecule has 0 aromatic heterocycles. The summed E-state index contributed by atoms with van der Waals surface area (Å²) in [5.41, 5.74) is 1.98. The van der Waals surface area contributed by atoms with Crippen LogP contribution in [0.3, 0.4) is 0 Å². The van der Waals surface area contributed by atoms with E-state index in [9.17, 15) is 9.59 Å². The number of nitrogens with zero attached hydrogens (tertiary/aromatic N) is 1. The highest BCUT2D eigenvalue weighted by molar-refractivity contribution is 5.94. The predicted octanol–water partition coefficient (Wildman–Crippen LogP) is 4.17. The van der Waals surface area contributed by atoms with Gasteiger partial charge < -0.3 is 15.0 Å². The number of carbonyl (C=O) groups excluding carboxylic acids is 2. The van der Waals surface area contributed by atoms with Crippen LogP contribution in [0, 0.1) is 0 Å². The van der Waals surface area contributed by atoms with E-state index in [-0.39, 0.29) is 23.3 Å². The van der Waals surface area contributed by atoms with Gasteiger partial charge in [0, 0.05) is 24.7 Å². The predicted molar refractivity (Wildman–Crippen MR) is 119 cm³/mol. The van der Waals surface area contributed by atoms with Crippen molar-refractivity contribution in [3.8, 4) is 5.75 Å². The largest absolute Gasteiger partial charge is 0.481 e. The van der Waals surface area contributed by atoms with Gasteiger partial charge in [0.2, 0.25) is 0 Å². The molecular weight excluding hydrogens is 376 g/mol. The minimum atomic E-state index is -0.541. The standard InChI is InChI=1S/C25H32N2O3/c1-18(30-22-12-10-20(11-13-22)25(2,3)4)24(29)27-16-14-21(15-17-27)26-23(28)19-8-6-5-7-9-19/h5-13,18,21H,14-17H2,1-4H3,(H,26,28)/t18-/m1/s1. The molecule has 2 amide bonds. The van der Waals surface area contributed by atoms with Crippen molar-refractivity contribution in [2.24, 2.45) is 0 Å². The van der Waals surface area contributed by atoms with Crippen LogP contribution in [0.5, 0.6) is 5.75 Å². The summed E-state index contributed by atoms with van der Waals surface area (Å²) >= 11 is 0. The van der Waals surface area contributed by atoms with Gasteiger partial charge >= 0.3 is 0 Å². The first-order chi connectivity index (χ1) is 14.2. The normalized spacial score (nSPS) is 16.1. The average Bonchev–Trinajstić information content (AvgIpc) is 2.74. The van der Waals surface area contributed by atoms with E-state index in [1.807, 2.05) is 47.4 Å². The highest BCUT2D eigenvalue weighted by Gasteiger charge is 2.28. The van der Waals surface area contributed by atoms with Crippen molar-refractivity contribution < 1.29 is 14.3 Å². The third-order valence-corrected chi connectivity index (χ3v) is 5.56. The lowest BCUT2D eigenvalue weighted by Crippen LogP contribution is -2.49. The van der Waals surface area contributed by atoms with Crippen LogP contribution in [0.1, 0.15) is 56.5 Å². The van der Waals surface area contributed by atoms with Gasteiger partial charge in [-0.3, -0.25) is 9.59 Å². The lowest BCUT2D eigenvalue weighted by atomic mass is 9.87. The molecule has 1 aliphatic rings. The molecule has 0 spiro atoms. The molecule has 0 saturated carbocycles. The average molecular weight is 409 g/mol. The van der Waals surface area contributed by atoms with Crippen LogP contribution in [0.2, 0.25) is 0 Å². The van der Waals surface area contributed by atoms with E-state index in [0.717, 1.165) is 12.8 Å². The second kappa shape index (κ2) is 9.33. The van der Waals surface area contributed by atoms with Crippen molar-refractivity contribution in [2.45, 2.75) is 58.1 Å². The van der Waals surface area contributed by atoms with Gasteiger partial charge in [-0.1, -0.05) is 51.1 Å². The lowest BCUT2D eigenvalue weighted by Gasteiger charge is -2.34. The van der Waals surface area contributed by atoms with Crippen molar-refractivity contribution in [3.63, 3.8) is 0 Å². The topological polar surface area (TPSA) is 58.6 Å². The molecule has 2 aromatic carbocycles. The number of hydrogen-bond acceptors (Lipinski definition) is 3. The maximum Gasteiger partial charge on any atom is 0.263 e. The quantitative estimate of drug-likeness (QED) is 0.808. The molecule has 0 radical (unpaired) electrons. The van der Waals surface area contributed by atoms with Crippen molar-refractivity contribution in [2.75, 3.05) is 13.1 Å². The fourth-order valence-corrected chi connectivity index (χ4v) is 3.65. The Bertz CT molecular complexity index is 848. The number of benzene rings is 2. The van der Waals surface area contributed by atoms with E-state index < -0.39 is 6.10 Å². The first-order valence-corrected chi connectivity index (χ1v) is 10.7. The summed E-state index contributed by atoms with van der Waals surface area (Å²) in [6.07, 6.45) is 0.954. The summed E-state index contributed by atoms with van der Waals surface area (Å²) < 4.78 is 5.89. The fraction of sp³-hybridized carbons (Fsp3) is 0.440. The Balaban J connectivity index is 1.48. The molecule has 1 aliphatic heterocycles. The van der Waals surface area contributed by atoms with Crippen LogP contribution in [0.25, 0.3) is 0 Å². The SMILES string of the molecule is C[C@@H](Oc1ccc(C(C)(C)C)cc1)C(=O)N1CCC(NC(=O)c2ccccc2)CC1. The van der Waals surface area contributed by atoms with Crippen molar-refractivity contribution in [1.82, 2.24) is 10.2 Å². The molecule has 160 valence electrons. The van der Waals surface area contributed by atoms with E-state index in [4.69, 9.17) is 4.74 Å². The van der Waals surface area contributed by atoms with Crippen molar-refractivity contribution in [1.29, 1.82) is 0 Å². The number of carbonyl (C=O) groups is 2. The van der Waals surface area contributed by atoms with E-state index in [1.54, 1.807) is 19.1 Å². The molecule has 1 fully saturated rings. The summed E-state index contributed by atoms with van der Waals surface area (Å²) in [5.74, 6) is 0.632. The zero-order chi connectivity index (χ0) is 21.7. The lowest BCUT2D eigenvalue weighted by molar-refractivity contribution is -0.139. The van der Waals surface area contributed by atoms with Gasteiger partial charge in [-0.05, 0) is 55.0 Å². The summed E-state index contributed by atoms with van der Waals surface area (Å²) in [6.45, 7) is 9.54. The Hall–Kier alpha value is -2.82. The van der Waals surface area contributed by atoms with Crippen LogP contribution in [-0.2, 0) is 10.2 Å². The Morgan fingerprint density at radius 2 is 1.60 bits per heavy atom. The van der Waals surface area contributed by atoms with Crippen LogP contribution in [0.4, 0.5) is 0 Å². The number of ether oxygens (including phenoxy) is 1. The van der Waals surface area contributed by atoms with Gasteiger partial charge in [-0.15, -0.1) is 0 Å². The third-order valence-electron chi connectivity index (χ3n) is 5.56. The highest BCUT2D eigenvalue weighted by Crippen LogP contribution is 2.25. The molecular formula is C25H32N2O3. The first kappa shape index (κ1) is 21.9.